The van der Waals surface area contributed by atoms with Crippen molar-refractivity contribution >= 4 is 44.6 Å². The van der Waals surface area contributed by atoms with Crippen LogP contribution in [0.4, 0.5) is 9.93 Å². The quantitative estimate of drug-likeness (QED) is 0.594. The number of anilines is 1. The van der Waals surface area contributed by atoms with Gasteiger partial charge in [-0.25, -0.2) is 9.78 Å². The van der Waals surface area contributed by atoms with Gasteiger partial charge in [-0.2, -0.15) is 0 Å². The summed E-state index contributed by atoms with van der Waals surface area (Å²) in [6.45, 7) is 4.04. The lowest BCUT2D eigenvalue weighted by Gasteiger charge is -2.36. The van der Waals surface area contributed by atoms with Gasteiger partial charge in [0.1, 0.15) is 11.4 Å². The molecule has 5 heterocycles. The lowest BCUT2D eigenvalue weighted by molar-refractivity contribution is -0.141. The number of aromatic nitrogens is 1. The largest absolute Gasteiger partial charge is 0.497 e. The second-order valence-electron chi connectivity index (χ2n) is 9.17. The van der Waals surface area contributed by atoms with Gasteiger partial charge >= 0.3 is 6.09 Å². The van der Waals surface area contributed by atoms with Crippen molar-refractivity contribution in [3.05, 3.63) is 30.4 Å². The van der Waals surface area contributed by atoms with Crippen molar-refractivity contribution in [1.29, 1.82) is 0 Å². The molecular formula is C24H26N4O6S. The molecule has 1 aromatic carbocycles. The third kappa shape index (κ3) is 3.40. The van der Waals surface area contributed by atoms with Crippen LogP contribution in [0, 0.1) is 11.8 Å². The van der Waals surface area contributed by atoms with Crippen molar-refractivity contribution in [2.24, 2.45) is 11.8 Å². The van der Waals surface area contributed by atoms with Crippen LogP contribution in [0.3, 0.4) is 0 Å². The van der Waals surface area contributed by atoms with Crippen molar-refractivity contribution in [3.8, 4) is 5.75 Å². The van der Waals surface area contributed by atoms with Crippen molar-refractivity contribution in [3.63, 3.8) is 0 Å². The Morgan fingerprint density at radius 3 is 2.74 bits per heavy atom. The summed E-state index contributed by atoms with van der Waals surface area (Å²) in [5.41, 5.74) is -0.0516. The molecule has 1 spiro atoms. The van der Waals surface area contributed by atoms with Gasteiger partial charge in [0.05, 0.1) is 48.4 Å². The molecule has 0 unspecified atom stereocenters. The highest BCUT2D eigenvalue weighted by Crippen LogP contribution is 2.53. The molecule has 2 bridgehead atoms. The van der Waals surface area contributed by atoms with E-state index in [9.17, 15) is 14.4 Å². The van der Waals surface area contributed by atoms with Gasteiger partial charge in [0.15, 0.2) is 5.13 Å². The molecule has 4 atom stereocenters. The number of hydrogen-bond acceptors (Lipinski definition) is 8. The maximum atomic E-state index is 13.7. The molecule has 2 aromatic rings. The fraction of sp³-hybridized carbons (Fsp3) is 0.500. The van der Waals surface area contributed by atoms with E-state index in [-0.39, 0.29) is 17.9 Å². The molecule has 35 heavy (non-hydrogen) atoms. The molecule has 11 heteroatoms. The molecule has 3 amide bonds. The second kappa shape index (κ2) is 8.20. The van der Waals surface area contributed by atoms with Crippen LogP contribution in [-0.4, -0.2) is 90.8 Å². The third-order valence-corrected chi connectivity index (χ3v) is 8.38. The standard InChI is InChI=1S/C24H26N4O6S/c1-3-33-23(31)27-10-8-26(9-11-27)20(29)18-16-6-7-24(34-16)13-28(21(30)19(18)24)22-25-15-12-14(32-2)4-5-17(15)35-22/h4-7,12,16,18-19H,3,8-11,13H2,1-2H3/t16-,18+,19-,24-/m0/s1. The summed E-state index contributed by atoms with van der Waals surface area (Å²) in [5, 5.41) is 0.594. The number of thiazole rings is 1. The fourth-order valence-corrected chi connectivity index (χ4v) is 6.57. The maximum Gasteiger partial charge on any atom is 0.409 e. The van der Waals surface area contributed by atoms with Gasteiger partial charge in [0.25, 0.3) is 0 Å². The maximum absolute atomic E-state index is 13.7. The number of amides is 3. The van der Waals surface area contributed by atoms with Gasteiger partial charge in [0, 0.05) is 32.2 Å². The summed E-state index contributed by atoms with van der Waals surface area (Å²) in [6.07, 6.45) is 3.08. The minimum absolute atomic E-state index is 0.0982. The Kier molecular flexibility index (Phi) is 5.22. The first kappa shape index (κ1) is 22.3. The Morgan fingerprint density at radius 1 is 1.23 bits per heavy atom. The van der Waals surface area contributed by atoms with E-state index in [2.05, 4.69) is 4.98 Å². The lowest BCUT2D eigenvalue weighted by atomic mass is 9.76. The van der Waals surface area contributed by atoms with E-state index in [1.54, 1.807) is 28.7 Å². The van der Waals surface area contributed by atoms with E-state index >= 15 is 0 Å². The Morgan fingerprint density at radius 2 is 2.00 bits per heavy atom. The predicted octanol–water partition coefficient (Wildman–Crippen LogP) is 1.89. The van der Waals surface area contributed by atoms with E-state index in [1.807, 2.05) is 30.4 Å². The zero-order chi connectivity index (χ0) is 24.3. The average molecular weight is 499 g/mol. The highest BCUT2D eigenvalue weighted by Gasteiger charge is 2.67. The van der Waals surface area contributed by atoms with E-state index in [0.29, 0.717) is 50.2 Å². The zero-order valence-electron chi connectivity index (χ0n) is 19.5. The van der Waals surface area contributed by atoms with Crippen LogP contribution in [-0.2, 0) is 19.1 Å². The number of carbonyl (C=O) groups is 3. The molecule has 0 saturated carbocycles. The topological polar surface area (TPSA) is 102 Å². The molecule has 0 radical (unpaired) electrons. The van der Waals surface area contributed by atoms with E-state index in [0.717, 1.165) is 10.2 Å². The molecule has 1 aromatic heterocycles. The molecule has 0 N–H and O–H groups in total. The number of carbonyl (C=O) groups excluding carboxylic acids is 3. The third-order valence-electron chi connectivity index (χ3n) is 7.32. The second-order valence-corrected chi connectivity index (χ2v) is 10.2. The van der Waals surface area contributed by atoms with Crippen molar-refractivity contribution in [1.82, 2.24) is 14.8 Å². The van der Waals surface area contributed by atoms with E-state index < -0.39 is 23.5 Å². The smallest absolute Gasteiger partial charge is 0.409 e. The summed E-state index contributed by atoms with van der Waals surface area (Å²) < 4.78 is 17.6. The molecule has 0 aliphatic carbocycles. The summed E-state index contributed by atoms with van der Waals surface area (Å²) in [7, 11) is 1.60. The molecule has 3 saturated heterocycles. The molecule has 4 aliphatic heterocycles. The Hall–Kier alpha value is -3.18. The summed E-state index contributed by atoms with van der Waals surface area (Å²) >= 11 is 1.44. The van der Waals surface area contributed by atoms with Crippen LogP contribution in [0.1, 0.15) is 6.92 Å². The Balaban J connectivity index is 1.22. The SMILES string of the molecule is CCOC(=O)N1CCN(C(=O)[C@@H]2[C@@H]3C=C[C@@]4(CN(c5nc6cc(OC)ccc6s5)C(=O)[C@H]24)O3)CC1. The number of benzene rings is 1. The highest BCUT2D eigenvalue weighted by atomic mass is 32.1. The normalized spacial score (nSPS) is 29.3. The average Bonchev–Trinajstić information content (AvgIpc) is 3.62. The summed E-state index contributed by atoms with van der Waals surface area (Å²) in [5.74, 6) is -0.697. The van der Waals surface area contributed by atoms with Crippen LogP contribution in [0.5, 0.6) is 5.75 Å². The van der Waals surface area contributed by atoms with E-state index in [1.165, 1.54) is 11.3 Å². The highest BCUT2D eigenvalue weighted by molar-refractivity contribution is 7.22. The van der Waals surface area contributed by atoms with Gasteiger partial charge in [0.2, 0.25) is 11.8 Å². The molecular weight excluding hydrogens is 472 g/mol. The van der Waals surface area contributed by atoms with Gasteiger partial charge in [-0.15, -0.1) is 0 Å². The molecule has 6 rings (SSSR count). The van der Waals surface area contributed by atoms with Crippen molar-refractivity contribution in [2.45, 2.75) is 18.6 Å². The molecule has 3 fully saturated rings. The first-order chi connectivity index (χ1) is 16.9. The van der Waals surface area contributed by atoms with Crippen LogP contribution in [0.25, 0.3) is 10.2 Å². The van der Waals surface area contributed by atoms with Gasteiger partial charge in [-0.1, -0.05) is 23.5 Å². The van der Waals surface area contributed by atoms with Crippen molar-refractivity contribution in [2.75, 3.05) is 51.3 Å². The fourth-order valence-electron chi connectivity index (χ4n) is 5.61. The Bertz CT molecular complexity index is 1240. The number of ether oxygens (including phenoxy) is 3. The predicted molar refractivity (Wildman–Crippen MR) is 127 cm³/mol. The minimum Gasteiger partial charge on any atom is -0.497 e. The zero-order valence-corrected chi connectivity index (χ0v) is 20.3. The number of methoxy groups -OCH3 is 1. The van der Waals surface area contributed by atoms with Crippen LogP contribution in [0.2, 0.25) is 0 Å². The summed E-state index contributed by atoms with van der Waals surface area (Å²) in [6, 6.07) is 5.64. The monoisotopic (exact) mass is 498 g/mol. The van der Waals surface area contributed by atoms with Crippen LogP contribution < -0.4 is 9.64 Å². The molecule has 184 valence electrons. The number of hydrogen-bond donors (Lipinski definition) is 0. The number of rotatable bonds is 4. The number of fused-ring (bicyclic) bond motifs is 2. The lowest BCUT2D eigenvalue weighted by Crippen LogP contribution is -2.54. The van der Waals surface area contributed by atoms with Crippen molar-refractivity contribution < 1.29 is 28.6 Å². The van der Waals surface area contributed by atoms with Crippen LogP contribution in [0.15, 0.2) is 30.4 Å². The Labute approximate surface area is 206 Å². The summed E-state index contributed by atoms with van der Waals surface area (Å²) in [4.78, 5) is 49.0. The number of piperazine rings is 1. The van der Waals surface area contributed by atoms with Gasteiger partial charge in [-0.05, 0) is 19.1 Å². The first-order valence-corrected chi connectivity index (χ1v) is 12.6. The van der Waals surface area contributed by atoms with Gasteiger partial charge in [-0.3, -0.25) is 14.5 Å². The van der Waals surface area contributed by atoms with E-state index in [4.69, 9.17) is 14.2 Å². The van der Waals surface area contributed by atoms with Gasteiger partial charge < -0.3 is 24.0 Å². The minimum atomic E-state index is -0.815. The first-order valence-electron chi connectivity index (χ1n) is 11.8. The molecule has 10 nitrogen and oxygen atoms in total. The molecule has 4 aliphatic rings. The van der Waals surface area contributed by atoms with Crippen LogP contribution >= 0.6 is 11.3 Å². The number of nitrogens with zero attached hydrogens (tertiary/aromatic N) is 4.